The van der Waals surface area contributed by atoms with Gasteiger partial charge in [0.15, 0.2) is 0 Å². The summed E-state index contributed by atoms with van der Waals surface area (Å²) in [5.74, 6) is -0.531. The van der Waals surface area contributed by atoms with E-state index in [-0.39, 0.29) is 36.5 Å². The van der Waals surface area contributed by atoms with Crippen LogP contribution in [0.1, 0.15) is 30.5 Å². The zero-order chi connectivity index (χ0) is 24.5. The first-order valence-corrected chi connectivity index (χ1v) is 11.8. The Balaban J connectivity index is 1.96. The van der Waals surface area contributed by atoms with E-state index in [2.05, 4.69) is 5.32 Å². The molecule has 0 aliphatic rings. The summed E-state index contributed by atoms with van der Waals surface area (Å²) in [7, 11) is 0. The Labute approximate surface area is 205 Å². The molecule has 3 rings (SSSR count). The van der Waals surface area contributed by atoms with Crippen LogP contribution in [-0.4, -0.2) is 29.3 Å². The maximum absolute atomic E-state index is 13.6. The molecule has 0 bridgehead atoms. The molecule has 0 fully saturated rings. The minimum Gasteiger partial charge on any atom is -0.354 e. The van der Waals surface area contributed by atoms with Crippen LogP contribution in [0.4, 0.5) is 4.39 Å². The topological polar surface area (TPSA) is 49.4 Å². The molecule has 0 aliphatic carbocycles. The molecule has 0 saturated carbocycles. The van der Waals surface area contributed by atoms with Gasteiger partial charge in [0.1, 0.15) is 11.9 Å². The molecule has 0 spiro atoms. The SMILES string of the molecule is CC(C)CNC(=O)[C@@H](Cc1ccccc1)N(Cc1ccccc1Cl)C(=O)Cc1ccc(F)cc1. The van der Waals surface area contributed by atoms with Gasteiger partial charge in [-0.25, -0.2) is 4.39 Å². The molecule has 0 saturated heterocycles. The van der Waals surface area contributed by atoms with Crippen LogP contribution >= 0.6 is 11.6 Å². The first-order valence-electron chi connectivity index (χ1n) is 11.4. The van der Waals surface area contributed by atoms with Gasteiger partial charge in [0.2, 0.25) is 11.8 Å². The number of halogens is 2. The third kappa shape index (κ3) is 7.42. The van der Waals surface area contributed by atoms with Crippen molar-refractivity contribution in [1.29, 1.82) is 0 Å². The maximum atomic E-state index is 13.6. The average Bonchev–Trinajstić information content (AvgIpc) is 2.83. The molecule has 0 heterocycles. The van der Waals surface area contributed by atoms with Crippen molar-refractivity contribution in [1.82, 2.24) is 10.2 Å². The van der Waals surface area contributed by atoms with Gasteiger partial charge in [0, 0.05) is 24.5 Å². The fourth-order valence-corrected chi connectivity index (χ4v) is 3.86. The van der Waals surface area contributed by atoms with Gasteiger partial charge in [-0.05, 0) is 40.8 Å². The van der Waals surface area contributed by atoms with Crippen LogP contribution in [0.5, 0.6) is 0 Å². The highest BCUT2D eigenvalue weighted by molar-refractivity contribution is 6.31. The van der Waals surface area contributed by atoms with Crippen LogP contribution < -0.4 is 5.32 Å². The largest absolute Gasteiger partial charge is 0.354 e. The predicted molar refractivity (Wildman–Crippen MR) is 134 cm³/mol. The lowest BCUT2D eigenvalue weighted by Crippen LogP contribution is -2.51. The van der Waals surface area contributed by atoms with Gasteiger partial charge in [-0.2, -0.15) is 0 Å². The second kappa shape index (κ2) is 12.3. The molecular formula is C28H30ClFN2O2. The smallest absolute Gasteiger partial charge is 0.243 e. The lowest BCUT2D eigenvalue weighted by molar-refractivity contribution is -0.140. The third-order valence-corrected chi connectivity index (χ3v) is 5.89. The molecule has 0 unspecified atom stereocenters. The Bertz CT molecular complexity index is 1090. The minimum atomic E-state index is -0.731. The van der Waals surface area contributed by atoms with Gasteiger partial charge in [0.05, 0.1) is 6.42 Å². The van der Waals surface area contributed by atoms with Crippen molar-refractivity contribution in [3.8, 4) is 0 Å². The van der Waals surface area contributed by atoms with Crippen molar-refractivity contribution in [3.63, 3.8) is 0 Å². The first-order chi connectivity index (χ1) is 16.3. The molecule has 6 heteroatoms. The second-order valence-electron chi connectivity index (χ2n) is 8.76. The number of carbonyl (C=O) groups is 2. The summed E-state index contributed by atoms with van der Waals surface area (Å²) in [5, 5.41) is 3.52. The molecule has 4 nitrogen and oxygen atoms in total. The number of rotatable bonds is 10. The monoisotopic (exact) mass is 480 g/mol. The molecule has 3 aromatic carbocycles. The number of nitrogens with one attached hydrogen (secondary N) is 1. The molecule has 178 valence electrons. The van der Waals surface area contributed by atoms with Crippen LogP contribution in [-0.2, 0) is 29.0 Å². The molecule has 1 N–H and O–H groups in total. The van der Waals surface area contributed by atoms with Gasteiger partial charge in [-0.1, -0.05) is 86.1 Å². The van der Waals surface area contributed by atoms with Crippen LogP contribution in [0.25, 0.3) is 0 Å². The quantitative estimate of drug-likeness (QED) is 0.420. The normalized spacial score (nSPS) is 11.8. The van der Waals surface area contributed by atoms with E-state index in [0.29, 0.717) is 23.6 Å². The van der Waals surface area contributed by atoms with Gasteiger partial charge in [-0.15, -0.1) is 0 Å². The molecule has 1 atom stereocenters. The number of hydrogen-bond acceptors (Lipinski definition) is 2. The summed E-state index contributed by atoms with van der Waals surface area (Å²) in [5.41, 5.74) is 2.38. The minimum absolute atomic E-state index is 0.0491. The first kappa shape index (κ1) is 25.4. The van der Waals surface area contributed by atoms with E-state index in [1.165, 1.54) is 12.1 Å². The average molecular weight is 481 g/mol. The molecular weight excluding hydrogens is 451 g/mol. The number of nitrogens with zero attached hydrogens (tertiary/aromatic N) is 1. The Hall–Kier alpha value is -3.18. The molecule has 3 aromatic rings. The summed E-state index contributed by atoms with van der Waals surface area (Å²) in [6.45, 7) is 4.74. The van der Waals surface area contributed by atoms with Crippen molar-refractivity contribution in [2.45, 2.75) is 39.3 Å². The van der Waals surface area contributed by atoms with E-state index in [9.17, 15) is 14.0 Å². The van der Waals surface area contributed by atoms with Crippen LogP contribution in [0.15, 0.2) is 78.9 Å². The summed E-state index contributed by atoms with van der Waals surface area (Å²) in [6, 6.07) is 22.0. The Morgan fingerprint density at radius 2 is 1.56 bits per heavy atom. The summed E-state index contributed by atoms with van der Waals surface area (Å²) >= 11 is 6.42. The highest BCUT2D eigenvalue weighted by Crippen LogP contribution is 2.21. The molecule has 34 heavy (non-hydrogen) atoms. The van der Waals surface area contributed by atoms with E-state index < -0.39 is 6.04 Å². The van der Waals surface area contributed by atoms with E-state index >= 15 is 0 Å². The zero-order valence-electron chi connectivity index (χ0n) is 19.5. The molecule has 0 aliphatic heterocycles. The van der Waals surface area contributed by atoms with E-state index in [0.717, 1.165) is 11.1 Å². The van der Waals surface area contributed by atoms with Gasteiger partial charge >= 0.3 is 0 Å². The van der Waals surface area contributed by atoms with Crippen molar-refractivity contribution < 1.29 is 14.0 Å². The molecule has 2 amide bonds. The summed E-state index contributed by atoms with van der Waals surface area (Å²) < 4.78 is 13.4. The predicted octanol–water partition coefficient (Wildman–Crippen LogP) is 5.43. The fourth-order valence-electron chi connectivity index (χ4n) is 3.67. The van der Waals surface area contributed by atoms with Crippen molar-refractivity contribution in [3.05, 3.63) is 106 Å². The van der Waals surface area contributed by atoms with E-state index in [1.54, 1.807) is 23.1 Å². The number of hydrogen-bond donors (Lipinski definition) is 1. The zero-order valence-corrected chi connectivity index (χ0v) is 20.3. The van der Waals surface area contributed by atoms with Crippen LogP contribution in [0, 0.1) is 11.7 Å². The van der Waals surface area contributed by atoms with Gasteiger partial charge in [-0.3, -0.25) is 9.59 Å². The highest BCUT2D eigenvalue weighted by Gasteiger charge is 2.30. The Morgan fingerprint density at radius 1 is 0.912 bits per heavy atom. The molecule has 0 aromatic heterocycles. The van der Waals surface area contributed by atoms with Gasteiger partial charge < -0.3 is 10.2 Å². The number of carbonyl (C=O) groups excluding carboxylic acids is 2. The third-order valence-electron chi connectivity index (χ3n) is 5.52. The van der Waals surface area contributed by atoms with E-state index in [1.807, 2.05) is 62.4 Å². The second-order valence-corrected chi connectivity index (χ2v) is 9.17. The maximum Gasteiger partial charge on any atom is 0.243 e. The van der Waals surface area contributed by atoms with Gasteiger partial charge in [0.25, 0.3) is 0 Å². The van der Waals surface area contributed by atoms with Crippen LogP contribution in [0.2, 0.25) is 5.02 Å². The van der Waals surface area contributed by atoms with Crippen molar-refractivity contribution >= 4 is 23.4 Å². The molecule has 0 radical (unpaired) electrons. The van der Waals surface area contributed by atoms with Crippen LogP contribution in [0.3, 0.4) is 0 Å². The van der Waals surface area contributed by atoms with Crippen molar-refractivity contribution in [2.24, 2.45) is 5.92 Å². The fraction of sp³-hybridized carbons (Fsp3) is 0.286. The number of amides is 2. The number of benzene rings is 3. The van der Waals surface area contributed by atoms with Crippen molar-refractivity contribution in [2.75, 3.05) is 6.54 Å². The lowest BCUT2D eigenvalue weighted by atomic mass is 10.0. The Morgan fingerprint density at radius 3 is 2.21 bits per heavy atom. The Kier molecular flexibility index (Phi) is 9.23. The highest BCUT2D eigenvalue weighted by atomic mass is 35.5. The summed E-state index contributed by atoms with van der Waals surface area (Å²) in [6.07, 6.45) is 0.415. The summed E-state index contributed by atoms with van der Waals surface area (Å²) in [4.78, 5) is 28.6. The van der Waals surface area contributed by atoms with E-state index in [4.69, 9.17) is 11.6 Å². The lowest BCUT2D eigenvalue weighted by Gasteiger charge is -2.32. The standard InChI is InChI=1S/C28H30ClFN2O2/c1-20(2)18-31-28(34)26(16-21-8-4-3-5-9-21)32(19-23-10-6-7-11-25(23)29)27(33)17-22-12-14-24(30)15-13-22/h3-15,20,26H,16-19H2,1-2H3,(H,31,34)/t26-/m1/s1.